The number of benzene rings is 2. The average Bonchev–Trinajstić information content (AvgIpc) is 2.60. The molecule has 0 fully saturated rings. The summed E-state index contributed by atoms with van der Waals surface area (Å²) in [5, 5.41) is 11.1. The second kappa shape index (κ2) is 8.19. The monoisotopic (exact) mass is 406 g/mol. The molecule has 0 unspecified atom stereocenters. The minimum atomic E-state index is -5.02. The molecule has 1 amide bonds. The highest BCUT2D eigenvalue weighted by atomic mass is 19.4. The number of hydrogen-bond acceptors (Lipinski definition) is 3. The van der Waals surface area contributed by atoms with Gasteiger partial charge in [-0.3, -0.25) is 4.79 Å². The lowest BCUT2D eigenvalue weighted by Crippen LogP contribution is -2.28. The van der Waals surface area contributed by atoms with Crippen LogP contribution in [0.1, 0.15) is 27.0 Å². The van der Waals surface area contributed by atoms with Crippen molar-refractivity contribution in [2.24, 2.45) is 5.73 Å². The van der Waals surface area contributed by atoms with Crippen LogP contribution in [-0.2, 0) is 18.8 Å². The third-order valence-electron chi connectivity index (χ3n) is 3.82. The van der Waals surface area contributed by atoms with Gasteiger partial charge in [0.2, 0.25) is 0 Å². The van der Waals surface area contributed by atoms with Gasteiger partial charge in [-0.05, 0) is 36.2 Å². The van der Waals surface area contributed by atoms with Gasteiger partial charge in [-0.15, -0.1) is 0 Å². The molecule has 1 atom stereocenters. The minimum absolute atomic E-state index is 0.0239. The topological polar surface area (TPSA) is 75.3 Å². The van der Waals surface area contributed by atoms with Gasteiger partial charge in [-0.25, -0.2) is 0 Å². The summed E-state index contributed by atoms with van der Waals surface area (Å²) < 4.78 is 77.6. The molecular weight excluding hydrogens is 390 g/mol. The third kappa shape index (κ3) is 5.46. The SMILES string of the molecule is N[C@@H](CO)Cc1ccccc1C(=O)Nc1cc(C(F)(F)F)cc(C(F)(F)F)c1. The number of aliphatic hydroxyl groups is 1. The van der Waals surface area contributed by atoms with Crippen molar-refractivity contribution in [3.8, 4) is 0 Å². The third-order valence-corrected chi connectivity index (χ3v) is 3.82. The summed E-state index contributed by atoms with van der Waals surface area (Å²) in [5.41, 5.74) is 2.34. The zero-order chi connectivity index (χ0) is 21.1. The Morgan fingerprint density at radius 2 is 1.54 bits per heavy atom. The van der Waals surface area contributed by atoms with E-state index in [2.05, 4.69) is 5.32 Å². The molecule has 4 N–H and O–H groups in total. The summed E-state index contributed by atoms with van der Waals surface area (Å²) in [5.74, 6) is -0.895. The molecule has 0 aromatic heterocycles. The number of alkyl halides is 6. The molecule has 152 valence electrons. The smallest absolute Gasteiger partial charge is 0.395 e. The fraction of sp³-hybridized carbons (Fsp3) is 0.278. The van der Waals surface area contributed by atoms with E-state index in [0.29, 0.717) is 17.7 Å². The Balaban J connectivity index is 2.39. The Morgan fingerprint density at radius 1 is 1.00 bits per heavy atom. The van der Waals surface area contributed by atoms with E-state index >= 15 is 0 Å². The predicted molar refractivity (Wildman–Crippen MR) is 89.6 cm³/mol. The number of aliphatic hydroxyl groups excluding tert-OH is 1. The maximum Gasteiger partial charge on any atom is 0.416 e. The maximum atomic E-state index is 12.9. The van der Waals surface area contributed by atoms with Crippen molar-refractivity contribution < 1.29 is 36.2 Å². The highest BCUT2D eigenvalue weighted by Gasteiger charge is 2.37. The number of halogens is 6. The summed E-state index contributed by atoms with van der Waals surface area (Å²) >= 11 is 0. The van der Waals surface area contributed by atoms with Gasteiger partial charge in [-0.2, -0.15) is 26.3 Å². The molecule has 2 aromatic rings. The van der Waals surface area contributed by atoms with Crippen LogP contribution in [0.2, 0.25) is 0 Å². The van der Waals surface area contributed by atoms with Crippen molar-refractivity contribution in [2.45, 2.75) is 24.8 Å². The maximum absolute atomic E-state index is 12.9. The Kier molecular flexibility index (Phi) is 6.35. The van der Waals surface area contributed by atoms with Crippen LogP contribution in [0, 0.1) is 0 Å². The molecule has 28 heavy (non-hydrogen) atoms. The Bertz CT molecular complexity index is 816. The first-order chi connectivity index (χ1) is 12.9. The number of nitrogens with two attached hydrogens (primary N) is 1. The average molecular weight is 406 g/mol. The lowest BCUT2D eigenvalue weighted by molar-refractivity contribution is -0.143. The molecule has 0 radical (unpaired) electrons. The summed E-state index contributed by atoms with van der Waals surface area (Å²) in [7, 11) is 0. The van der Waals surface area contributed by atoms with Crippen molar-refractivity contribution in [2.75, 3.05) is 11.9 Å². The largest absolute Gasteiger partial charge is 0.416 e. The normalized spacial score (nSPS) is 13.3. The van der Waals surface area contributed by atoms with E-state index in [1.165, 1.54) is 18.2 Å². The fourth-order valence-corrected chi connectivity index (χ4v) is 2.49. The van der Waals surface area contributed by atoms with Gasteiger partial charge in [0, 0.05) is 17.3 Å². The summed E-state index contributed by atoms with van der Waals surface area (Å²) in [6.45, 7) is -0.363. The van der Waals surface area contributed by atoms with E-state index in [1.807, 2.05) is 0 Å². The minimum Gasteiger partial charge on any atom is -0.395 e. The molecule has 4 nitrogen and oxygen atoms in total. The van der Waals surface area contributed by atoms with Crippen LogP contribution < -0.4 is 11.1 Å². The molecule has 0 saturated carbocycles. The van der Waals surface area contributed by atoms with Crippen LogP contribution in [0.25, 0.3) is 0 Å². The number of amides is 1. The summed E-state index contributed by atoms with van der Waals surface area (Å²) in [6.07, 6.45) is -9.95. The van der Waals surface area contributed by atoms with E-state index in [9.17, 15) is 31.1 Å². The number of rotatable bonds is 5. The van der Waals surface area contributed by atoms with Gasteiger partial charge in [-0.1, -0.05) is 18.2 Å². The summed E-state index contributed by atoms with van der Waals surface area (Å²) in [4.78, 5) is 12.4. The van der Waals surface area contributed by atoms with Gasteiger partial charge >= 0.3 is 12.4 Å². The van der Waals surface area contributed by atoms with E-state index in [-0.39, 0.29) is 24.7 Å². The first-order valence-electron chi connectivity index (χ1n) is 7.97. The molecular formula is C18H16F6N2O2. The van der Waals surface area contributed by atoms with Crippen molar-refractivity contribution in [1.29, 1.82) is 0 Å². The molecule has 0 heterocycles. The van der Waals surface area contributed by atoms with Crippen LogP contribution in [-0.4, -0.2) is 23.7 Å². The van der Waals surface area contributed by atoms with Gasteiger partial charge in [0.05, 0.1) is 17.7 Å². The molecule has 0 spiro atoms. The van der Waals surface area contributed by atoms with Crippen LogP contribution in [0.15, 0.2) is 42.5 Å². The molecule has 0 aliphatic rings. The fourth-order valence-electron chi connectivity index (χ4n) is 2.49. The Labute approximate surface area is 156 Å². The van der Waals surface area contributed by atoms with Crippen molar-refractivity contribution in [3.05, 3.63) is 64.7 Å². The summed E-state index contributed by atoms with van der Waals surface area (Å²) in [6, 6.07) is 6.09. The molecule has 10 heteroatoms. The van der Waals surface area contributed by atoms with Crippen molar-refractivity contribution in [3.63, 3.8) is 0 Å². The lowest BCUT2D eigenvalue weighted by Gasteiger charge is -2.16. The van der Waals surface area contributed by atoms with Gasteiger partial charge in [0.15, 0.2) is 0 Å². The molecule has 2 rings (SSSR count). The standard InChI is InChI=1S/C18H16F6N2O2/c19-17(20,21)11-6-12(18(22,23)24)8-14(7-11)26-16(28)15-4-2-1-3-10(15)5-13(25)9-27/h1-4,6-8,13,27H,5,9,25H2,(H,26,28)/t13-/m1/s1. The van der Waals surface area contributed by atoms with E-state index in [1.54, 1.807) is 6.07 Å². The van der Waals surface area contributed by atoms with Crippen LogP contribution >= 0.6 is 0 Å². The van der Waals surface area contributed by atoms with Gasteiger partial charge in [0.1, 0.15) is 0 Å². The van der Waals surface area contributed by atoms with Crippen molar-refractivity contribution >= 4 is 11.6 Å². The first-order valence-corrected chi connectivity index (χ1v) is 7.97. The number of carbonyl (C=O) groups is 1. The lowest BCUT2D eigenvalue weighted by atomic mass is 10.00. The molecule has 0 aliphatic heterocycles. The second-order valence-electron chi connectivity index (χ2n) is 6.05. The highest BCUT2D eigenvalue weighted by Crippen LogP contribution is 2.37. The zero-order valence-electron chi connectivity index (χ0n) is 14.2. The molecule has 2 aromatic carbocycles. The number of anilines is 1. The van der Waals surface area contributed by atoms with Crippen molar-refractivity contribution in [1.82, 2.24) is 0 Å². The highest BCUT2D eigenvalue weighted by molar-refractivity contribution is 6.05. The second-order valence-corrected chi connectivity index (χ2v) is 6.05. The number of hydrogen-bond donors (Lipinski definition) is 3. The first kappa shape index (κ1) is 21.7. The van der Waals surface area contributed by atoms with E-state index in [4.69, 9.17) is 10.8 Å². The predicted octanol–water partition coefficient (Wildman–Crippen LogP) is 3.84. The Hall–Kier alpha value is -2.59. The number of carbonyl (C=O) groups excluding carboxylic acids is 1. The van der Waals surface area contributed by atoms with Gasteiger partial charge < -0.3 is 16.2 Å². The number of nitrogens with one attached hydrogen (secondary N) is 1. The molecule has 0 aliphatic carbocycles. The molecule has 0 bridgehead atoms. The van der Waals surface area contributed by atoms with Gasteiger partial charge in [0.25, 0.3) is 5.91 Å². The zero-order valence-corrected chi connectivity index (χ0v) is 14.2. The molecule has 0 saturated heterocycles. The van der Waals surface area contributed by atoms with Crippen LogP contribution in [0.3, 0.4) is 0 Å². The van der Waals surface area contributed by atoms with Crippen LogP contribution in [0.4, 0.5) is 32.0 Å². The van der Waals surface area contributed by atoms with Crippen LogP contribution in [0.5, 0.6) is 0 Å². The quantitative estimate of drug-likeness (QED) is 0.661. The Morgan fingerprint density at radius 3 is 2.04 bits per heavy atom. The van der Waals surface area contributed by atoms with E-state index < -0.39 is 41.1 Å². The van der Waals surface area contributed by atoms with E-state index in [0.717, 1.165) is 0 Å².